The maximum atomic E-state index is 10.1. The van der Waals surface area contributed by atoms with Gasteiger partial charge in [0.25, 0.3) is 0 Å². The first-order chi connectivity index (χ1) is 7.49. The van der Waals surface area contributed by atoms with Crippen molar-refractivity contribution >= 4 is 11.3 Å². The van der Waals surface area contributed by atoms with Gasteiger partial charge in [0, 0.05) is 22.8 Å². The van der Waals surface area contributed by atoms with E-state index in [1.807, 2.05) is 20.8 Å². The second-order valence-corrected chi connectivity index (χ2v) is 5.73. The molecule has 0 aliphatic rings. The van der Waals surface area contributed by atoms with Crippen molar-refractivity contribution < 1.29 is 9.84 Å². The van der Waals surface area contributed by atoms with Gasteiger partial charge < -0.3 is 9.84 Å². The Kier molecular flexibility index (Phi) is 4.96. The van der Waals surface area contributed by atoms with Gasteiger partial charge in [0.15, 0.2) is 0 Å². The summed E-state index contributed by atoms with van der Waals surface area (Å²) in [6.07, 6.45) is 1.30. The lowest BCUT2D eigenvalue weighted by molar-refractivity contribution is -0.0952. The Bertz CT molecular complexity index is 317. The van der Waals surface area contributed by atoms with Gasteiger partial charge in [-0.25, -0.2) is 0 Å². The number of hydrogen-bond acceptors (Lipinski definition) is 3. The molecule has 0 fully saturated rings. The Morgan fingerprint density at radius 2 is 1.94 bits per heavy atom. The largest absolute Gasteiger partial charge is 0.390 e. The van der Waals surface area contributed by atoms with Gasteiger partial charge in [-0.1, -0.05) is 6.92 Å². The van der Waals surface area contributed by atoms with Crippen LogP contribution in [0.1, 0.15) is 37.4 Å². The smallest absolute Gasteiger partial charge is 0.0887 e. The molecule has 16 heavy (non-hydrogen) atoms. The summed E-state index contributed by atoms with van der Waals surface area (Å²) in [5.74, 6) is 0. The molecule has 1 N–H and O–H groups in total. The van der Waals surface area contributed by atoms with Gasteiger partial charge >= 0.3 is 0 Å². The Labute approximate surface area is 102 Å². The van der Waals surface area contributed by atoms with Crippen molar-refractivity contribution in [1.82, 2.24) is 0 Å². The zero-order chi connectivity index (χ0) is 12.2. The highest BCUT2D eigenvalue weighted by atomic mass is 32.1. The van der Waals surface area contributed by atoms with Crippen molar-refractivity contribution in [3.8, 4) is 0 Å². The first-order valence-corrected chi connectivity index (χ1v) is 6.70. The molecule has 1 atom stereocenters. The molecule has 0 radical (unpaired) electrons. The van der Waals surface area contributed by atoms with E-state index >= 15 is 0 Å². The van der Waals surface area contributed by atoms with Crippen molar-refractivity contribution in [2.75, 3.05) is 6.61 Å². The van der Waals surface area contributed by atoms with E-state index in [1.165, 1.54) is 9.75 Å². The normalized spacial score (nSPS) is 14.1. The minimum atomic E-state index is -0.467. The molecule has 0 aromatic carbocycles. The fraction of sp³-hybridized carbons (Fsp3) is 0.692. The molecule has 0 saturated carbocycles. The highest BCUT2D eigenvalue weighted by Gasteiger charge is 2.28. The molecule has 1 aromatic heterocycles. The first kappa shape index (κ1) is 13.7. The van der Waals surface area contributed by atoms with Crippen LogP contribution in [-0.2, 0) is 17.6 Å². The van der Waals surface area contributed by atoms with E-state index in [-0.39, 0.29) is 0 Å². The van der Waals surface area contributed by atoms with Gasteiger partial charge in [0.1, 0.15) is 0 Å². The number of thiophene rings is 1. The number of aliphatic hydroxyl groups excluding tert-OH is 1. The van der Waals surface area contributed by atoms with Gasteiger partial charge in [-0.3, -0.25) is 0 Å². The van der Waals surface area contributed by atoms with E-state index in [0.717, 1.165) is 6.42 Å². The molecule has 0 aliphatic heterocycles. The molecule has 3 heteroatoms. The average molecular weight is 242 g/mol. The van der Waals surface area contributed by atoms with Crippen molar-refractivity contribution in [2.45, 2.75) is 52.2 Å². The summed E-state index contributed by atoms with van der Waals surface area (Å²) in [6.45, 7) is 8.62. The SMILES string of the molecule is CCOC(C)(C)C(O)Cc1ccc(CC)s1. The Balaban J connectivity index is 2.59. The summed E-state index contributed by atoms with van der Waals surface area (Å²) >= 11 is 1.78. The minimum absolute atomic E-state index is 0.448. The zero-order valence-electron chi connectivity index (χ0n) is 10.6. The summed E-state index contributed by atoms with van der Waals surface area (Å²) in [4.78, 5) is 2.61. The summed E-state index contributed by atoms with van der Waals surface area (Å²) in [5, 5.41) is 10.1. The van der Waals surface area contributed by atoms with E-state index in [0.29, 0.717) is 13.0 Å². The van der Waals surface area contributed by atoms with Crippen molar-refractivity contribution in [3.05, 3.63) is 21.9 Å². The van der Waals surface area contributed by atoms with Crippen LogP contribution < -0.4 is 0 Å². The number of rotatable bonds is 6. The quantitative estimate of drug-likeness (QED) is 0.831. The van der Waals surface area contributed by atoms with Crippen LogP contribution >= 0.6 is 11.3 Å². The molecule has 2 nitrogen and oxygen atoms in total. The maximum Gasteiger partial charge on any atom is 0.0887 e. The second kappa shape index (κ2) is 5.80. The Morgan fingerprint density at radius 3 is 2.44 bits per heavy atom. The van der Waals surface area contributed by atoms with Crippen LogP contribution in [0.2, 0.25) is 0 Å². The third kappa shape index (κ3) is 3.58. The molecule has 1 rings (SSSR count). The van der Waals surface area contributed by atoms with Crippen LogP contribution in [-0.4, -0.2) is 23.4 Å². The highest BCUT2D eigenvalue weighted by molar-refractivity contribution is 7.11. The minimum Gasteiger partial charge on any atom is -0.390 e. The Morgan fingerprint density at radius 1 is 1.31 bits per heavy atom. The molecule has 0 saturated heterocycles. The van der Waals surface area contributed by atoms with Crippen LogP contribution in [0, 0.1) is 0 Å². The molecular formula is C13H22O2S. The van der Waals surface area contributed by atoms with Gasteiger partial charge in [0.05, 0.1) is 11.7 Å². The fourth-order valence-corrected chi connectivity index (χ4v) is 2.62. The lowest BCUT2D eigenvalue weighted by Gasteiger charge is -2.30. The molecular weight excluding hydrogens is 220 g/mol. The van der Waals surface area contributed by atoms with E-state index < -0.39 is 11.7 Å². The second-order valence-electron chi connectivity index (χ2n) is 4.48. The van der Waals surface area contributed by atoms with Crippen LogP contribution in [0.15, 0.2) is 12.1 Å². The summed E-state index contributed by atoms with van der Waals surface area (Å²) < 4.78 is 5.55. The molecule has 0 spiro atoms. The summed E-state index contributed by atoms with van der Waals surface area (Å²) in [5.41, 5.74) is -0.467. The zero-order valence-corrected chi connectivity index (χ0v) is 11.4. The molecule has 0 aliphatic carbocycles. The van der Waals surface area contributed by atoms with Crippen molar-refractivity contribution in [2.24, 2.45) is 0 Å². The maximum absolute atomic E-state index is 10.1. The number of ether oxygens (including phenoxy) is 1. The molecule has 1 aromatic rings. The van der Waals surface area contributed by atoms with E-state index in [2.05, 4.69) is 19.1 Å². The molecule has 0 bridgehead atoms. The highest BCUT2D eigenvalue weighted by Crippen LogP contribution is 2.23. The van der Waals surface area contributed by atoms with Crippen molar-refractivity contribution in [1.29, 1.82) is 0 Å². The van der Waals surface area contributed by atoms with Crippen LogP contribution in [0.5, 0.6) is 0 Å². The predicted molar refractivity (Wildman–Crippen MR) is 69.1 cm³/mol. The average Bonchev–Trinajstić information content (AvgIpc) is 2.65. The van der Waals surface area contributed by atoms with E-state index in [4.69, 9.17) is 4.74 Å². The summed E-state index contributed by atoms with van der Waals surface area (Å²) in [6, 6.07) is 4.25. The number of aryl methyl sites for hydroxylation is 1. The standard InChI is InChI=1S/C13H22O2S/c1-5-10-7-8-11(16-10)9-12(14)13(3,4)15-6-2/h7-8,12,14H,5-6,9H2,1-4H3. The third-order valence-corrected chi connectivity index (χ3v) is 4.03. The lowest BCUT2D eigenvalue weighted by atomic mass is 9.98. The number of aliphatic hydroxyl groups is 1. The van der Waals surface area contributed by atoms with Crippen LogP contribution in [0.4, 0.5) is 0 Å². The first-order valence-electron chi connectivity index (χ1n) is 5.89. The predicted octanol–water partition coefficient (Wildman–Crippen LogP) is 3.03. The van der Waals surface area contributed by atoms with Gasteiger partial charge in [-0.2, -0.15) is 0 Å². The fourth-order valence-electron chi connectivity index (χ4n) is 1.63. The van der Waals surface area contributed by atoms with E-state index in [9.17, 15) is 5.11 Å². The number of hydrogen-bond donors (Lipinski definition) is 1. The molecule has 0 amide bonds. The van der Waals surface area contributed by atoms with Gasteiger partial charge in [-0.15, -0.1) is 11.3 Å². The Hall–Kier alpha value is -0.380. The van der Waals surface area contributed by atoms with Crippen molar-refractivity contribution in [3.63, 3.8) is 0 Å². The van der Waals surface area contributed by atoms with Crippen LogP contribution in [0.3, 0.4) is 0 Å². The molecule has 1 unspecified atom stereocenters. The summed E-state index contributed by atoms with van der Waals surface area (Å²) in [7, 11) is 0. The van der Waals surface area contributed by atoms with Gasteiger partial charge in [-0.05, 0) is 39.3 Å². The van der Waals surface area contributed by atoms with Crippen LogP contribution in [0.25, 0.3) is 0 Å². The van der Waals surface area contributed by atoms with Gasteiger partial charge in [0.2, 0.25) is 0 Å². The third-order valence-electron chi connectivity index (χ3n) is 2.78. The molecule has 1 heterocycles. The monoisotopic (exact) mass is 242 g/mol. The lowest BCUT2D eigenvalue weighted by Crippen LogP contribution is -2.40. The topological polar surface area (TPSA) is 29.5 Å². The molecule has 92 valence electrons. The van der Waals surface area contributed by atoms with E-state index in [1.54, 1.807) is 11.3 Å².